The number of phenolic OH excluding ortho intramolecular Hbond substituents is 1. The second kappa shape index (κ2) is 9.52. The normalized spacial score (nSPS) is 17.7. The molecule has 2 amide bonds. The molecular weight excluding hydrogens is 442 g/mol. The summed E-state index contributed by atoms with van der Waals surface area (Å²) >= 11 is 0. The van der Waals surface area contributed by atoms with Crippen LogP contribution in [0.3, 0.4) is 0 Å². The largest absolute Gasteiger partial charge is 0.507 e. The second-order valence-corrected chi connectivity index (χ2v) is 10.5. The number of para-hydroxylation sites is 1. The van der Waals surface area contributed by atoms with Crippen molar-refractivity contribution >= 4 is 21.8 Å². The fourth-order valence-corrected chi connectivity index (χ4v) is 6.14. The van der Waals surface area contributed by atoms with Crippen LogP contribution in [0.1, 0.15) is 45.5 Å². The van der Waals surface area contributed by atoms with Crippen LogP contribution in [0.5, 0.6) is 5.75 Å². The molecule has 1 N–H and O–H groups in total. The van der Waals surface area contributed by atoms with E-state index in [4.69, 9.17) is 0 Å². The zero-order chi connectivity index (χ0) is 23.6. The number of hydrogen-bond donors (Lipinski definition) is 1. The lowest BCUT2D eigenvalue weighted by Crippen LogP contribution is -2.50. The zero-order valence-electron chi connectivity index (χ0n) is 18.7. The average Bonchev–Trinajstić information content (AvgIpc) is 2.84. The summed E-state index contributed by atoms with van der Waals surface area (Å²) in [4.78, 5) is 29.3. The number of amides is 2. The highest BCUT2D eigenvalue weighted by Crippen LogP contribution is 2.25. The Balaban J connectivity index is 1.47. The van der Waals surface area contributed by atoms with Crippen LogP contribution in [0, 0.1) is 6.92 Å². The van der Waals surface area contributed by atoms with E-state index in [1.165, 1.54) is 16.4 Å². The van der Waals surface area contributed by atoms with Crippen LogP contribution in [0.2, 0.25) is 0 Å². The van der Waals surface area contributed by atoms with E-state index in [1.54, 1.807) is 47.1 Å². The van der Waals surface area contributed by atoms with Crippen molar-refractivity contribution < 1.29 is 23.1 Å². The van der Waals surface area contributed by atoms with Gasteiger partial charge in [-0.25, -0.2) is 8.42 Å². The van der Waals surface area contributed by atoms with E-state index in [1.807, 2.05) is 0 Å². The number of aryl methyl sites for hydroxylation is 1. The standard InChI is InChI=1S/C24H29N3O5S/c1-18-9-10-19(17-22(18)33(31,32)27-11-5-2-6-12-27)23(29)25-13-15-26(16-14-25)24(30)20-7-3-4-8-21(20)28/h3-4,7-10,17,28H,2,5-6,11-16H2,1H3. The number of sulfonamides is 1. The molecule has 2 heterocycles. The molecule has 9 heteroatoms. The first-order valence-electron chi connectivity index (χ1n) is 11.3. The van der Waals surface area contributed by atoms with E-state index in [9.17, 15) is 23.1 Å². The summed E-state index contributed by atoms with van der Waals surface area (Å²) in [6.45, 7) is 4.10. The van der Waals surface area contributed by atoms with E-state index in [-0.39, 0.29) is 28.0 Å². The van der Waals surface area contributed by atoms with Gasteiger partial charge in [0.2, 0.25) is 10.0 Å². The summed E-state index contributed by atoms with van der Waals surface area (Å²) in [5, 5.41) is 9.94. The Hall–Kier alpha value is -2.91. The van der Waals surface area contributed by atoms with Crippen molar-refractivity contribution in [3.63, 3.8) is 0 Å². The molecule has 33 heavy (non-hydrogen) atoms. The van der Waals surface area contributed by atoms with Gasteiger partial charge in [-0.05, 0) is 49.6 Å². The Kier molecular flexibility index (Phi) is 6.71. The van der Waals surface area contributed by atoms with Crippen molar-refractivity contribution in [1.29, 1.82) is 0 Å². The van der Waals surface area contributed by atoms with Crippen LogP contribution in [-0.4, -0.2) is 78.7 Å². The maximum absolute atomic E-state index is 13.2. The number of hydrogen-bond acceptors (Lipinski definition) is 5. The monoisotopic (exact) mass is 471 g/mol. The van der Waals surface area contributed by atoms with E-state index in [0.717, 1.165) is 19.3 Å². The summed E-state index contributed by atoms with van der Waals surface area (Å²) < 4.78 is 27.9. The molecule has 4 rings (SSSR count). The minimum atomic E-state index is -3.65. The smallest absolute Gasteiger partial charge is 0.257 e. The summed E-state index contributed by atoms with van der Waals surface area (Å²) in [7, 11) is -3.65. The number of piperazine rings is 1. The minimum Gasteiger partial charge on any atom is -0.507 e. The van der Waals surface area contributed by atoms with Crippen molar-refractivity contribution in [2.24, 2.45) is 0 Å². The van der Waals surface area contributed by atoms with Gasteiger partial charge < -0.3 is 14.9 Å². The van der Waals surface area contributed by atoms with Crippen molar-refractivity contribution in [3.05, 3.63) is 59.2 Å². The number of carbonyl (C=O) groups excluding carboxylic acids is 2. The molecule has 8 nitrogen and oxygen atoms in total. The fourth-order valence-electron chi connectivity index (χ4n) is 4.38. The van der Waals surface area contributed by atoms with Crippen LogP contribution in [-0.2, 0) is 10.0 Å². The molecule has 0 unspecified atom stereocenters. The third kappa shape index (κ3) is 4.74. The Morgan fingerprint density at radius 2 is 1.42 bits per heavy atom. The Bertz CT molecular complexity index is 1150. The molecule has 2 aliphatic rings. The van der Waals surface area contributed by atoms with Crippen LogP contribution in [0.25, 0.3) is 0 Å². The number of carbonyl (C=O) groups is 2. The number of phenols is 1. The van der Waals surface area contributed by atoms with Crippen molar-refractivity contribution in [2.45, 2.75) is 31.1 Å². The summed E-state index contributed by atoms with van der Waals surface area (Å²) in [6, 6.07) is 11.2. The summed E-state index contributed by atoms with van der Waals surface area (Å²) in [5.41, 5.74) is 1.19. The summed E-state index contributed by atoms with van der Waals surface area (Å²) in [6.07, 6.45) is 2.73. The summed E-state index contributed by atoms with van der Waals surface area (Å²) in [5.74, 6) is -0.590. The first kappa shape index (κ1) is 23.3. The number of nitrogens with zero attached hydrogens (tertiary/aromatic N) is 3. The predicted molar refractivity (Wildman–Crippen MR) is 124 cm³/mol. The van der Waals surface area contributed by atoms with E-state index in [2.05, 4.69) is 0 Å². The Morgan fingerprint density at radius 1 is 0.818 bits per heavy atom. The molecule has 0 atom stereocenters. The molecule has 0 aromatic heterocycles. The molecule has 0 saturated carbocycles. The van der Waals surface area contributed by atoms with Gasteiger partial charge in [0.05, 0.1) is 10.5 Å². The topological polar surface area (TPSA) is 98.2 Å². The van der Waals surface area contributed by atoms with Gasteiger partial charge in [-0.3, -0.25) is 9.59 Å². The first-order valence-corrected chi connectivity index (χ1v) is 12.7. The lowest BCUT2D eigenvalue weighted by atomic mass is 10.1. The van der Waals surface area contributed by atoms with Gasteiger partial charge in [0.25, 0.3) is 11.8 Å². The Morgan fingerprint density at radius 3 is 2.06 bits per heavy atom. The number of benzene rings is 2. The van der Waals surface area contributed by atoms with Gasteiger partial charge >= 0.3 is 0 Å². The molecule has 0 aliphatic carbocycles. The third-order valence-electron chi connectivity index (χ3n) is 6.36. The Labute approximate surface area is 194 Å². The van der Waals surface area contributed by atoms with Gasteiger partial charge in [0, 0.05) is 44.8 Å². The van der Waals surface area contributed by atoms with Crippen LogP contribution in [0.15, 0.2) is 47.4 Å². The number of aromatic hydroxyl groups is 1. The highest BCUT2D eigenvalue weighted by Gasteiger charge is 2.30. The average molecular weight is 472 g/mol. The van der Waals surface area contributed by atoms with Crippen molar-refractivity contribution in [3.8, 4) is 5.75 Å². The minimum absolute atomic E-state index is 0.0666. The molecule has 2 aliphatic heterocycles. The van der Waals surface area contributed by atoms with Gasteiger partial charge in [-0.2, -0.15) is 4.31 Å². The van der Waals surface area contributed by atoms with Crippen molar-refractivity contribution in [1.82, 2.24) is 14.1 Å². The predicted octanol–water partition coefficient (Wildman–Crippen LogP) is 2.47. The van der Waals surface area contributed by atoms with E-state index in [0.29, 0.717) is 50.4 Å². The van der Waals surface area contributed by atoms with E-state index < -0.39 is 10.0 Å². The molecule has 2 fully saturated rings. The van der Waals surface area contributed by atoms with Crippen LogP contribution < -0.4 is 0 Å². The maximum Gasteiger partial charge on any atom is 0.257 e. The van der Waals surface area contributed by atoms with Gasteiger partial charge in [0.1, 0.15) is 5.75 Å². The third-order valence-corrected chi connectivity index (χ3v) is 8.40. The van der Waals surface area contributed by atoms with Crippen LogP contribution >= 0.6 is 0 Å². The molecule has 176 valence electrons. The lowest BCUT2D eigenvalue weighted by molar-refractivity contribution is 0.0533. The van der Waals surface area contributed by atoms with Crippen LogP contribution in [0.4, 0.5) is 0 Å². The molecule has 2 aromatic rings. The van der Waals surface area contributed by atoms with E-state index >= 15 is 0 Å². The molecule has 2 aromatic carbocycles. The number of piperidine rings is 1. The zero-order valence-corrected chi connectivity index (χ0v) is 19.6. The highest BCUT2D eigenvalue weighted by molar-refractivity contribution is 7.89. The molecule has 0 radical (unpaired) electrons. The van der Waals surface area contributed by atoms with Gasteiger partial charge in [-0.15, -0.1) is 0 Å². The molecule has 0 spiro atoms. The quantitative estimate of drug-likeness (QED) is 0.739. The van der Waals surface area contributed by atoms with Gasteiger partial charge in [-0.1, -0.05) is 24.6 Å². The number of rotatable bonds is 4. The molecule has 2 saturated heterocycles. The lowest BCUT2D eigenvalue weighted by Gasteiger charge is -2.35. The first-order chi connectivity index (χ1) is 15.8. The highest BCUT2D eigenvalue weighted by atomic mass is 32.2. The second-order valence-electron chi connectivity index (χ2n) is 8.55. The molecule has 0 bridgehead atoms. The molecular formula is C24H29N3O5S. The SMILES string of the molecule is Cc1ccc(C(=O)N2CCN(C(=O)c3ccccc3O)CC2)cc1S(=O)(=O)N1CCCCC1. The van der Waals surface area contributed by atoms with Crippen molar-refractivity contribution in [2.75, 3.05) is 39.3 Å². The maximum atomic E-state index is 13.2. The van der Waals surface area contributed by atoms with Gasteiger partial charge in [0.15, 0.2) is 0 Å². The fraction of sp³-hybridized carbons (Fsp3) is 0.417.